The lowest BCUT2D eigenvalue weighted by Crippen LogP contribution is -2.62. The Morgan fingerprint density at radius 2 is 1.76 bits per heavy atom. The zero-order chi connectivity index (χ0) is 14.7. The molecule has 1 heterocycles. The van der Waals surface area contributed by atoms with Gasteiger partial charge in [0.05, 0.1) is 0 Å². The van der Waals surface area contributed by atoms with Crippen LogP contribution in [0, 0.1) is 0 Å². The van der Waals surface area contributed by atoms with Gasteiger partial charge in [-0.1, -0.05) is 56.3 Å². The molecule has 1 saturated heterocycles. The molecule has 1 aliphatic carbocycles. The monoisotopic (exact) mass is 284 g/mol. The van der Waals surface area contributed by atoms with Crippen LogP contribution in [0.2, 0.25) is 0 Å². The summed E-state index contributed by atoms with van der Waals surface area (Å²) in [4.78, 5) is 2.78. The summed E-state index contributed by atoms with van der Waals surface area (Å²) in [5.41, 5.74) is 1.76. The van der Waals surface area contributed by atoms with E-state index in [-0.39, 0.29) is 0 Å². The SMILES string of the molecule is CCC1(CC)CN(C2CC=CC2)C(c2ccccc2)CN1. The summed E-state index contributed by atoms with van der Waals surface area (Å²) < 4.78 is 0. The quantitative estimate of drug-likeness (QED) is 0.843. The predicted octanol–water partition coefficient (Wildman–Crippen LogP) is 3.91. The largest absolute Gasteiger partial charge is 0.308 e. The minimum atomic E-state index is 0.299. The van der Waals surface area contributed by atoms with E-state index in [0.29, 0.717) is 17.6 Å². The zero-order valence-corrected chi connectivity index (χ0v) is 13.4. The van der Waals surface area contributed by atoms with Gasteiger partial charge in [-0.3, -0.25) is 4.90 Å². The van der Waals surface area contributed by atoms with Gasteiger partial charge < -0.3 is 5.32 Å². The van der Waals surface area contributed by atoms with Gasteiger partial charge in [0, 0.05) is 30.7 Å². The Balaban J connectivity index is 1.85. The van der Waals surface area contributed by atoms with E-state index in [2.05, 4.69) is 66.5 Å². The van der Waals surface area contributed by atoms with Crippen LogP contribution in [0.3, 0.4) is 0 Å². The molecule has 0 spiro atoms. The summed E-state index contributed by atoms with van der Waals surface area (Å²) in [6.45, 7) is 6.89. The molecule has 1 fully saturated rings. The van der Waals surface area contributed by atoms with Crippen molar-refractivity contribution in [2.75, 3.05) is 13.1 Å². The smallest absolute Gasteiger partial charge is 0.0476 e. The van der Waals surface area contributed by atoms with Crippen LogP contribution < -0.4 is 5.32 Å². The molecule has 1 atom stereocenters. The van der Waals surface area contributed by atoms with E-state index in [4.69, 9.17) is 0 Å². The average molecular weight is 284 g/mol. The van der Waals surface area contributed by atoms with Crippen LogP contribution in [0.1, 0.15) is 51.1 Å². The van der Waals surface area contributed by atoms with Gasteiger partial charge in [-0.2, -0.15) is 0 Å². The van der Waals surface area contributed by atoms with E-state index < -0.39 is 0 Å². The van der Waals surface area contributed by atoms with Gasteiger partial charge in [-0.25, -0.2) is 0 Å². The number of hydrogen-bond donors (Lipinski definition) is 1. The number of piperazine rings is 1. The Hall–Kier alpha value is -1.12. The fourth-order valence-electron chi connectivity index (χ4n) is 3.91. The maximum absolute atomic E-state index is 3.87. The highest BCUT2D eigenvalue weighted by Crippen LogP contribution is 2.34. The van der Waals surface area contributed by atoms with Gasteiger partial charge in [-0.15, -0.1) is 0 Å². The van der Waals surface area contributed by atoms with Crippen molar-refractivity contribution in [2.45, 2.75) is 57.2 Å². The molecule has 0 radical (unpaired) electrons. The molecule has 0 saturated carbocycles. The van der Waals surface area contributed by atoms with Crippen molar-refractivity contribution in [3.8, 4) is 0 Å². The minimum Gasteiger partial charge on any atom is -0.308 e. The van der Waals surface area contributed by atoms with Crippen LogP contribution >= 0.6 is 0 Å². The summed E-state index contributed by atoms with van der Waals surface area (Å²) in [7, 11) is 0. The fraction of sp³-hybridized carbons (Fsp3) is 0.579. The van der Waals surface area contributed by atoms with Crippen molar-refractivity contribution in [3.63, 3.8) is 0 Å². The first kappa shape index (κ1) is 14.8. The van der Waals surface area contributed by atoms with Crippen molar-refractivity contribution in [3.05, 3.63) is 48.0 Å². The van der Waals surface area contributed by atoms with Gasteiger partial charge in [0.15, 0.2) is 0 Å². The topological polar surface area (TPSA) is 15.3 Å². The molecular weight excluding hydrogens is 256 g/mol. The molecule has 3 rings (SSSR count). The standard InChI is InChI=1S/C19H28N2/c1-3-19(4-2)15-21(17-12-8-9-13-17)18(14-20-19)16-10-6-5-7-11-16/h5-11,17-18,20H,3-4,12-15H2,1-2H3. The Morgan fingerprint density at radius 1 is 1.10 bits per heavy atom. The Kier molecular flexibility index (Phi) is 4.46. The molecule has 1 N–H and O–H groups in total. The maximum atomic E-state index is 3.87. The first-order valence-corrected chi connectivity index (χ1v) is 8.48. The second kappa shape index (κ2) is 6.33. The molecule has 2 heteroatoms. The van der Waals surface area contributed by atoms with Gasteiger partial charge in [-0.05, 0) is 31.2 Å². The zero-order valence-electron chi connectivity index (χ0n) is 13.4. The van der Waals surface area contributed by atoms with Crippen molar-refractivity contribution < 1.29 is 0 Å². The lowest BCUT2D eigenvalue weighted by atomic mass is 9.86. The van der Waals surface area contributed by atoms with Crippen LogP contribution in [0.25, 0.3) is 0 Å². The normalized spacial score (nSPS) is 26.3. The molecule has 21 heavy (non-hydrogen) atoms. The summed E-state index contributed by atoms with van der Waals surface area (Å²) in [6, 6.07) is 12.2. The average Bonchev–Trinajstić information content (AvgIpc) is 3.09. The fourth-order valence-corrected chi connectivity index (χ4v) is 3.91. The molecule has 1 aromatic rings. The van der Waals surface area contributed by atoms with Gasteiger partial charge >= 0.3 is 0 Å². The number of hydrogen-bond acceptors (Lipinski definition) is 2. The van der Waals surface area contributed by atoms with E-state index in [1.807, 2.05) is 0 Å². The van der Waals surface area contributed by atoms with Gasteiger partial charge in [0.2, 0.25) is 0 Å². The third-order valence-corrected chi connectivity index (χ3v) is 5.55. The van der Waals surface area contributed by atoms with E-state index in [1.54, 1.807) is 0 Å². The summed E-state index contributed by atoms with van der Waals surface area (Å²) in [6.07, 6.45) is 9.56. The summed E-state index contributed by atoms with van der Waals surface area (Å²) in [5, 5.41) is 3.87. The van der Waals surface area contributed by atoms with E-state index in [9.17, 15) is 0 Å². The summed E-state index contributed by atoms with van der Waals surface area (Å²) in [5.74, 6) is 0. The second-order valence-corrected chi connectivity index (χ2v) is 6.56. The molecule has 2 aliphatic rings. The molecule has 0 bridgehead atoms. The number of nitrogens with one attached hydrogen (secondary N) is 1. The van der Waals surface area contributed by atoms with E-state index in [1.165, 1.54) is 37.8 Å². The molecule has 1 aliphatic heterocycles. The number of nitrogens with zero attached hydrogens (tertiary/aromatic N) is 1. The Labute approximate surface area is 129 Å². The van der Waals surface area contributed by atoms with Crippen LogP contribution in [-0.2, 0) is 0 Å². The molecule has 114 valence electrons. The van der Waals surface area contributed by atoms with Crippen LogP contribution in [0.5, 0.6) is 0 Å². The molecular formula is C19H28N2. The molecule has 0 aromatic heterocycles. The maximum Gasteiger partial charge on any atom is 0.0476 e. The number of benzene rings is 1. The van der Waals surface area contributed by atoms with Crippen LogP contribution in [-0.4, -0.2) is 29.6 Å². The van der Waals surface area contributed by atoms with E-state index in [0.717, 1.165) is 6.54 Å². The summed E-state index contributed by atoms with van der Waals surface area (Å²) >= 11 is 0. The van der Waals surface area contributed by atoms with Crippen molar-refractivity contribution >= 4 is 0 Å². The predicted molar refractivity (Wildman–Crippen MR) is 89.4 cm³/mol. The highest BCUT2D eigenvalue weighted by Gasteiger charge is 2.40. The van der Waals surface area contributed by atoms with Crippen molar-refractivity contribution in [2.24, 2.45) is 0 Å². The third-order valence-electron chi connectivity index (χ3n) is 5.55. The third kappa shape index (κ3) is 2.93. The highest BCUT2D eigenvalue weighted by atomic mass is 15.3. The van der Waals surface area contributed by atoms with Gasteiger partial charge in [0.25, 0.3) is 0 Å². The Bertz CT molecular complexity index is 468. The van der Waals surface area contributed by atoms with Crippen LogP contribution in [0.15, 0.2) is 42.5 Å². The van der Waals surface area contributed by atoms with Crippen molar-refractivity contribution in [1.29, 1.82) is 0 Å². The number of rotatable bonds is 4. The molecule has 1 unspecified atom stereocenters. The Morgan fingerprint density at radius 3 is 2.38 bits per heavy atom. The molecule has 0 amide bonds. The first-order chi connectivity index (χ1) is 10.3. The lowest BCUT2D eigenvalue weighted by Gasteiger charge is -2.50. The highest BCUT2D eigenvalue weighted by molar-refractivity contribution is 5.22. The molecule has 2 nitrogen and oxygen atoms in total. The lowest BCUT2D eigenvalue weighted by molar-refractivity contribution is 0.0395. The van der Waals surface area contributed by atoms with E-state index >= 15 is 0 Å². The van der Waals surface area contributed by atoms with Crippen molar-refractivity contribution in [1.82, 2.24) is 10.2 Å². The van der Waals surface area contributed by atoms with Gasteiger partial charge in [0.1, 0.15) is 0 Å². The first-order valence-electron chi connectivity index (χ1n) is 8.48. The molecule has 1 aromatic carbocycles. The second-order valence-electron chi connectivity index (χ2n) is 6.56. The van der Waals surface area contributed by atoms with Crippen LogP contribution in [0.4, 0.5) is 0 Å². The minimum absolute atomic E-state index is 0.299.